The third-order valence-corrected chi connectivity index (χ3v) is 5.42. The molecular formula is C19H29NO. The summed E-state index contributed by atoms with van der Waals surface area (Å²) in [6, 6.07) is 7.09. The second kappa shape index (κ2) is 6.50. The summed E-state index contributed by atoms with van der Waals surface area (Å²) in [7, 11) is 0. The highest BCUT2D eigenvalue weighted by Crippen LogP contribution is 2.38. The molecule has 1 aliphatic heterocycles. The third-order valence-electron chi connectivity index (χ3n) is 5.42. The zero-order valence-corrected chi connectivity index (χ0v) is 13.4. The summed E-state index contributed by atoms with van der Waals surface area (Å²) < 4.78 is 6.18. The Kier molecular flexibility index (Phi) is 4.66. The van der Waals surface area contributed by atoms with E-state index in [0.29, 0.717) is 5.92 Å². The van der Waals surface area contributed by atoms with Gasteiger partial charge in [-0.1, -0.05) is 31.5 Å². The lowest BCUT2D eigenvalue weighted by atomic mass is 9.75. The number of hydrogen-bond donors (Lipinski definition) is 1. The molecule has 1 saturated heterocycles. The Bertz CT molecular complexity index is 476. The van der Waals surface area contributed by atoms with Crippen LogP contribution in [0.3, 0.4) is 0 Å². The molecule has 0 saturated carbocycles. The monoisotopic (exact) mass is 287 g/mol. The Balaban J connectivity index is 1.79. The second-order valence-corrected chi connectivity index (χ2v) is 6.91. The first kappa shape index (κ1) is 15.1. The quantitative estimate of drug-likeness (QED) is 0.910. The molecule has 21 heavy (non-hydrogen) atoms. The number of aryl methyl sites for hydroxylation is 1. The minimum Gasteiger partial charge on any atom is -0.375 e. The number of fused-ring (bicyclic) bond motifs is 1. The molecule has 2 aliphatic rings. The molecule has 0 bridgehead atoms. The average Bonchev–Trinajstić information content (AvgIpc) is 2.53. The molecule has 1 aromatic carbocycles. The topological polar surface area (TPSA) is 35.2 Å². The minimum absolute atomic E-state index is 0.156. The number of rotatable bonds is 4. The Hall–Kier alpha value is -0.860. The molecule has 0 aromatic heterocycles. The van der Waals surface area contributed by atoms with Crippen LogP contribution in [-0.2, 0) is 17.6 Å². The van der Waals surface area contributed by atoms with Gasteiger partial charge in [0.25, 0.3) is 0 Å². The van der Waals surface area contributed by atoms with Crippen LogP contribution >= 0.6 is 0 Å². The fourth-order valence-corrected chi connectivity index (χ4v) is 4.12. The van der Waals surface area contributed by atoms with Gasteiger partial charge in [0.15, 0.2) is 0 Å². The van der Waals surface area contributed by atoms with E-state index in [4.69, 9.17) is 10.5 Å². The first-order valence-electron chi connectivity index (χ1n) is 8.72. The number of nitrogens with two attached hydrogens (primary N) is 1. The van der Waals surface area contributed by atoms with Crippen LogP contribution in [0.15, 0.2) is 18.2 Å². The molecule has 2 atom stereocenters. The standard InChI is InChI=1S/C19H29NO/c1-2-5-18(14-20)15-6-7-17-13-19(9-3-4-11-21-19)10-8-16(17)12-15/h6-7,12,18H,2-5,8-11,13-14,20H2,1H3. The van der Waals surface area contributed by atoms with Crippen molar-refractivity contribution in [3.8, 4) is 0 Å². The van der Waals surface area contributed by atoms with Gasteiger partial charge >= 0.3 is 0 Å². The molecule has 2 unspecified atom stereocenters. The van der Waals surface area contributed by atoms with Crippen LogP contribution in [0.4, 0.5) is 0 Å². The molecule has 2 heteroatoms. The molecule has 1 spiro atoms. The Morgan fingerprint density at radius 2 is 2.14 bits per heavy atom. The SMILES string of the molecule is CCCC(CN)c1ccc2c(c1)CCC1(CCCCO1)C2. The van der Waals surface area contributed by atoms with Crippen molar-refractivity contribution in [2.75, 3.05) is 13.2 Å². The maximum Gasteiger partial charge on any atom is 0.0726 e. The van der Waals surface area contributed by atoms with E-state index in [1.807, 2.05) is 0 Å². The van der Waals surface area contributed by atoms with Gasteiger partial charge in [0.1, 0.15) is 0 Å². The van der Waals surface area contributed by atoms with Crippen molar-refractivity contribution in [1.29, 1.82) is 0 Å². The van der Waals surface area contributed by atoms with Gasteiger partial charge in [-0.3, -0.25) is 0 Å². The van der Waals surface area contributed by atoms with E-state index >= 15 is 0 Å². The minimum atomic E-state index is 0.156. The molecule has 1 aliphatic carbocycles. The molecule has 0 amide bonds. The summed E-state index contributed by atoms with van der Waals surface area (Å²) in [6.07, 6.45) is 9.70. The van der Waals surface area contributed by atoms with Gasteiger partial charge in [-0.2, -0.15) is 0 Å². The van der Waals surface area contributed by atoms with Crippen molar-refractivity contribution in [2.24, 2.45) is 5.73 Å². The molecule has 1 heterocycles. The van der Waals surface area contributed by atoms with E-state index < -0.39 is 0 Å². The number of hydrogen-bond acceptors (Lipinski definition) is 2. The molecule has 0 radical (unpaired) electrons. The summed E-state index contributed by atoms with van der Waals surface area (Å²) in [5, 5.41) is 0. The lowest BCUT2D eigenvalue weighted by Crippen LogP contribution is -2.41. The van der Waals surface area contributed by atoms with Crippen LogP contribution in [0.1, 0.15) is 68.1 Å². The summed E-state index contributed by atoms with van der Waals surface area (Å²) in [5.41, 5.74) is 10.6. The Labute approximate surface area is 129 Å². The summed E-state index contributed by atoms with van der Waals surface area (Å²) in [6.45, 7) is 3.96. The summed E-state index contributed by atoms with van der Waals surface area (Å²) in [5.74, 6) is 0.530. The zero-order chi connectivity index (χ0) is 14.7. The van der Waals surface area contributed by atoms with Gasteiger partial charge in [0, 0.05) is 13.0 Å². The van der Waals surface area contributed by atoms with Gasteiger partial charge in [-0.25, -0.2) is 0 Å². The Morgan fingerprint density at radius 3 is 2.86 bits per heavy atom. The highest BCUT2D eigenvalue weighted by atomic mass is 16.5. The van der Waals surface area contributed by atoms with Gasteiger partial charge in [-0.05, 0) is 67.7 Å². The molecule has 116 valence electrons. The predicted molar refractivity (Wildman–Crippen MR) is 87.7 cm³/mol. The van der Waals surface area contributed by atoms with Crippen molar-refractivity contribution in [3.63, 3.8) is 0 Å². The van der Waals surface area contributed by atoms with Crippen molar-refractivity contribution in [3.05, 3.63) is 34.9 Å². The van der Waals surface area contributed by atoms with Crippen LogP contribution in [0.25, 0.3) is 0 Å². The fourth-order valence-electron chi connectivity index (χ4n) is 4.12. The van der Waals surface area contributed by atoms with E-state index in [1.165, 1.54) is 56.1 Å². The first-order valence-corrected chi connectivity index (χ1v) is 8.72. The Morgan fingerprint density at radius 1 is 1.24 bits per heavy atom. The van der Waals surface area contributed by atoms with Crippen LogP contribution < -0.4 is 5.73 Å². The van der Waals surface area contributed by atoms with E-state index in [-0.39, 0.29) is 5.60 Å². The fraction of sp³-hybridized carbons (Fsp3) is 0.684. The lowest BCUT2D eigenvalue weighted by Gasteiger charge is -2.41. The molecule has 1 aromatic rings. The lowest BCUT2D eigenvalue weighted by molar-refractivity contribution is -0.0861. The van der Waals surface area contributed by atoms with Crippen LogP contribution in [-0.4, -0.2) is 18.8 Å². The van der Waals surface area contributed by atoms with Crippen LogP contribution in [0, 0.1) is 0 Å². The highest BCUT2D eigenvalue weighted by Gasteiger charge is 2.36. The largest absolute Gasteiger partial charge is 0.375 e. The van der Waals surface area contributed by atoms with Crippen LogP contribution in [0.2, 0.25) is 0 Å². The summed E-state index contributed by atoms with van der Waals surface area (Å²) in [4.78, 5) is 0. The van der Waals surface area contributed by atoms with Gasteiger partial charge in [0.2, 0.25) is 0 Å². The maximum atomic E-state index is 6.18. The van der Waals surface area contributed by atoms with E-state index in [1.54, 1.807) is 5.56 Å². The van der Waals surface area contributed by atoms with Gasteiger partial charge in [-0.15, -0.1) is 0 Å². The van der Waals surface area contributed by atoms with Gasteiger partial charge in [0.05, 0.1) is 5.60 Å². The highest BCUT2D eigenvalue weighted by molar-refractivity contribution is 5.37. The van der Waals surface area contributed by atoms with E-state index in [2.05, 4.69) is 25.1 Å². The number of benzene rings is 1. The average molecular weight is 287 g/mol. The first-order chi connectivity index (χ1) is 10.3. The van der Waals surface area contributed by atoms with E-state index in [9.17, 15) is 0 Å². The molecule has 2 N–H and O–H groups in total. The normalized spacial score (nSPS) is 26.6. The smallest absolute Gasteiger partial charge is 0.0726 e. The second-order valence-electron chi connectivity index (χ2n) is 6.91. The molecule has 2 nitrogen and oxygen atoms in total. The van der Waals surface area contributed by atoms with Crippen molar-refractivity contribution >= 4 is 0 Å². The molecular weight excluding hydrogens is 258 g/mol. The summed E-state index contributed by atoms with van der Waals surface area (Å²) >= 11 is 0. The zero-order valence-electron chi connectivity index (χ0n) is 13.4. The maximum absolute atomic E-state index is 6.18. The molecule has 3 rings (SSSR count). The van der Waals surface area contributed by atoms with Crippen molar-refractivity contribution in [2.45, 2.75) is 69.8 Å². The van der Waals surface area contributed by atoms with Crippen molar-refractivity contribution < 1.29 is 4.74 Å². The third kappa shape index (κ3) is 3.17. The van der Waals surface area contributed by atoms with Crippen molar-refractivity contribution in [1.82, 2.24) is 0 Å². The predicted octanol–water partition coefficient (Wildman–Crippen LogP) is 3.96. The van der Waals surface area contributed by atoms with Crippen LogP contribution in [0.5, 0.6) is 0 Å². The number of ether oxygens (including phenoxy) is 1. The molecule has 1 fully saturated rings. The van der Waals surface area contributed by atoms with E-state index in [0.717, 1.165) is 19.6 Å². The van der Waals surface area contributed by atoms with Gasteiger partial charge < -0.3 is 10.5 Å².